The van der Waals surface area contributed by atoms with Crippen LogP contribution >= 0.6 is 11.6 Å². The largest absolute Gasteiger partial charge is 0.382 e. The number of amidine groups is 1. The van der Waals surface area contributed by atoms with Gasteiger partial charge in [-0.2, -0.15) is 0 Å². The van der Waals surface area contributed by atoms with Crippen LogP contribution in [0.4, 0.5) is 5.82 Å². The number of imidazole rings is 1. The highest BCUT2D eigenvalue weighted by Gasteiger charge is 2.30. The van der Waals surface area contributed by atoms with Crippen molar-refractivity contribution in [1.82, 2.24) is 35.8 Å². The number of rotatable bonds is 3. The Morgan fingerprint density at radius 1 is 1.13 bits per heavy atom. The number of nitrogen functional groups attached to an aromatic ring is 1. The Hall–Kier alpha value is -3.30. The third-order valence-electron chi connectivity index (χ3n) is 6.37. The first-order chi connectivity index (χ1) is 15.2. The molecule has 6 rings (SSSR count). The van der Waals surface area contributed by atoms with Gasteiger partial charge in [0, 0.05) is 29.6 Å². The molecule has 0 amide bonds. The van der Waals surface area contributed by atoms with E-state index in [1.807, 2.05) is 24.4 Å². The Bertz CT molecular complexity index is 1310. The van der Waals surface area contributed by atoms with Crippen molar-refractivity contribution in [1.29, 1.82) is 0 Å². The van der Waals surface area contributed by atoms with E-state index < -0.39 is 0 Å². The summed E-state index contributed by atoms with van der Waals surface area (Å²) in [7, 11) is 0. The molecule has 4 aromatic rings. The second-order valence-electron chi connectivity index (χ2n) is 8.14. The van der Waals surface area contributed by atoms with Crippen LogP contribution in [-0.2, 0) is 0 Å². The molecule has 1 fully saturated rings. The number of halogens is 1. The quantitative estimate of drug-likeness (QED) is 0.336. The van der Waals surface area contributed by atoms with Crippen LogP contribution in [0.25, 0.3) is 27.8 Å². The van der Waals surface area contributed by atoms with Gasteiger partial charge in [-0.05, 0) is 37.8 Å². The third-order valence-corrected chi connectivity index (χ3v) is 6.69. The van der Waals surface area contributed by atoms with Gasteiger partial charge in [-0.25, -0.2) is 15.5 Å². The predicted molar refractivity (Wildman–Crippen MR) is 121 cm³/mol. The van der Waals surface area contributed by atoms with Crippen LogP contribution in [0.3, 0.4) is 0 Å². The molecule has 1 aliphatic carbocycles. The van der Waals surface area contributed by atoms with Gasteiger partial charge in [0.2, 0.25) is 0 Å². The Morgan fingerprint density at radius 3 is 2.74 bits per heavy atom. The lowest BCUT2D eigenvalue weighted by Gasteiger charge is -2.27. The number of hydrogen-bond donors (Lipinski definition) is 5. The number of nitrogens with zero attached hydrogens (tertiary/aromatic N) is 4. The minimum Gasteiger partial charge on any atom is -0.382 e. The number of aromatic nitrogens is 4. The van der Waals surface area contributed by atoms with E-state index in [9.17, 15) is 0 Å². The maximum absolute atomic E-state index is 6.38. The van der Waals surface area contributed by atoms with Crippen LogP contribution in [0.1, 0.15) is 37.4 Å². The summed E-state index contributed by atoms with van der Waals surface area (Å²) < 4.78 is 2.10. The van der Waals surface area contributed by atoms with E-state index in [4.69, 9.17) is 22.3 Å². The molecule has 0 atom stereocenters. The van der Waals surface area contributed by atoms with E-state index in [2.05, 4.69) is 42.0 Å². The van der Waals surface area contributed by atoms with Gasteiger partial charge < -0.3 is 10.7 Å². The summed E-state index contributed by atoms with van der Waals surface area (Å²) in [4.78, 5) is 12.8. The third kappa shape index (κ3) is 3.00. The Morgan fingerprint density at radius 2 is 1.97 bits per heavy atom. The van der Waals surface area contributed by atoms with Gasteiger partial charge in [-0.15, -0.1) is 10.6 Å². The maximum Gasteiger partial charge on any atom is 0.150 e. The molecule has 3 aromatic heterocycles. The first-order valence-corrected chi connectivity index (χ1v) is 10.8. The van der Waals surface area contributed by atoms with Gasteiger partial charge in [0.15, 0.2) is 0 Å². The minimum absolute atomic E-state index is 0.343. The molecule has 0 radical (unpaired) electrons. The van der Waals surface area contributed by atoms with Crippen molar-refractivity contribution in [2.24, 2.45) is 11.0 Å². The topological polar surface area (TPSA) is 120 Å². The van der Waals surface area contributed by atoms with E-state index in [0.717, 1.165) is 65.2 Å². The monoisotopic (exact) mass is 435 g/mol. The number of hydrazine groups is 2. The molecule has 2 aliphatic rings. The molecule has 0 spiro atoms. The number of H-pyrrole nitrogens is 1. The van der Waals surface area contributed by atoms with Gasteiger partial charge in [0.25, 0.3) is 0 Å². The molecule has 1 aliphatic heterocycles. The predicted octanol–water partition coefficient (Wildman–Crippen LogP) is 3.31. The molecule has 31 heavy (non-hydrogen) atoms. The van der Waals surface area contributed by atoms with E-state index in [-0.39, 0.29) is 0 Å². The van der Waals surface area contributed by atoms with Crippen LogP contribution in [-0.4, -0.2) is 25.2 Å². The Balaban J connectivity index is 1.40. The molecule has 0 unspecified atom stereocenters. The normalized spacial score (nSPS) is 21.3. The zero-order chi connectivity index (χ0) is 20.9. The number of hydrazone groups is 1. The highest BCUT2D eigenvalue weighted by Crippen LogP contribution is 2.39. The average molecular weight is 436 g/mol. The molecule has 1 saturated carbocycles. The number of aromatic amines is 1. The first-order valence-electron chi connectivity index (χ1n) is 10.4. The van der Waals surface area contributed by atoms with Crippen molar-refractivity contribution in [2.45, 2.75) is 31.6 Å². The first kappa shape index (κ1) is 18.5. The summed E-state index contributed by atoms with van der Waals surface area (Å²) in [5, 5.41) is 6.00. The van der Waals surface area contributed by atoms with E-state index in [0.29, 0.717) is 22.7 Å². The van der Waals surface area contributed by atoms with Gasteiger partial charge in [-0.1, -0.05) is 23.7 Å². The summed E-state index contributed by atoms with van der Waals surface area (Å²) in [6.07, 6.45) is 7.85. The van der Waals surface area contributed by atoms with Gasteiger partial charge in [-0.3, -0.25) is 9.83 Å². The molecular weight excluding hydrogens is 414 g/mol. The number of para-hydroxylation sites is 1. The highest BCUT2D eigenvalue weighted by molar-refractivity contribution is 6.35. The molecule has 9 nitrogen and oxygen atoms in total. The van der Waals surface area contributed by atoms with E-state index in [1.165, 1.54) is 0 Å². The average Bonchev–Trinajstić information content (AvgIpc) is 3.53. The fourth-order valence-corrected chi connectivity index (χ4v) is 5.07. The van der Waals surface area contributed by atoms with Crippen LogP contribution in [0.2, 0.25) is 5.02 Å². The second-order valence-corrected chi connectivity index (χ2v) is 8.55. The fraction of sp³-hybridized carbons (Fsp3) is 0.286. The highest BCUT2D eigenvalue weighted by atomic mass is 35.5. The molecule has 0 bridgehead atoms. The van der Waals surface area contributed by atoms with E-state index in [1.54, 1.807) is 6.20 Å². The summed E-state index contributed by atoms with van der Waals surface area (Å²) in [5.41, 5.74) is 18.4. The lowest BCUT2D eigenvalue weighted by atomic mass is 9.81. The van der Waals surface area contributed by atoms with Gasteiger partial charge in [0.05, 0.1) is 16.2 Å². The second kappa shape index (κ2) is 7.14. The van der Waals surface area contributed by atoms with Crippen molar-refractivity contribution in [2.75, 3.05) is 5.73 Å². The summed E-state index contributed by atoms with van der Waals surface area (Å²) in [6.45, 7) is 0. The number of benzene rings is 1. The molecular formula is C21H22ClN9. The Labute approximate surface area is 183 Å². The maximum atomic E-state index is 6.38. The van der Waals surface area contributed by atoms with Gasteiger partial charge in [0.1, 0.15) is 28.7 Å². The SMILES string of the molecule is Nc1nccn2c(C3CCC(C4=NNNN4)CC3)nc(-c3cc4cccc(Cl)c4[nH]3)c12. The summed E-state index contributed by atoms with van der Waals surface area (Å²) in [5.74, 6) is 3.24. The molecule has 6 N–H and O–H groups in total. The zero-order valence-electron chi connectivity index (χ0n) is 16.7. The van der Waals surface area contributed by atoms with E-state index >= 15 is 0 Å². The van der Waals surface area contributed by atoms with Crippen LogP contribution < -0.4 is 22.2 Å². The number of nitrogens with two attached hydrogens (primary N) is 1. The number of anilines is 1. The lowest BCUT2D eigenvalue weighted by Crippen LogP contribution is -2.38. The Kier molecular flexibility index (Phi) is 4.25. The summed E-state index contributed by atoms with van der Waals surface area (Å²) in [6, 6.07) is 7.93. The lowest BCUT2D eigenvalue weighted by molar-refractivity contribution is 0.376. The van der Waals surface area contributed by atoms with Crippen LogP contribution in [0.15, 0.2) is 41.8 Å². The fourth-order valence-electron chi connectivity index (χ4n) is 4.84. The number of hydrogen-bond acceptors (Lipinski definition) is 7. The smallest absolute Gasteiger partial charge is 0.150 e. The molecule has 158 valence electrons. The van der Waals surface area contributed by atoms with Crippen molar-refractivity contribution in [3.8, 4) is 11.4 Å². The zero-order valence-corrected chi connectivity index (χ0v) is 17.4. The molecule has 1 aromatic carbocycles. The standard InChI is InChI=1S/C21H22ClN9/c22-14-3-1-2-13-10-15(25-16(13)14)17-18-19(23)24-8-9-31(18)21(26-17)12-6-4-11(5-7-12)20-27-29-30-28-20/h1-3,8-12,25,29-30H,4-7H2,(H2,23,24)(H,27,28). The van der Waals surface area contributed by atoms with Crippen molar-refractivity contribution >= 4 is 39.7 Å². The van der Waals surface area contributed by atoms with Gasteiger partial charge >= 0.3 is 0 Å². The molecule has 10 heteroatoms. The molecule has 4 heterocycles. The van der Waals surface area contributed by atoms with Crippen molar-refractivity contribution in [3.05, 3.63) is 47.5 Å². The van der Waals surface area contributed by atoms with Crippen molar-refractivity contribution in [3.63, 3.8) is 0 Å². The van der Waals surface area contributed by atoms with Crippen LogP contribution in [0, 0.1) is 5.92 Å². The number of fused-ring (bicyclic) bond motifs is 2. The number of nitrogens with one attached hydrogen (secondary N) is 4. The summed E-state index contributed by atoms with van der Waals surface area (Å²) >= 11 is 6.38. The minimum atomic E-state index is 0.343. The van der Waals surface area contributed by atoms with Crippen molar-refractivity contribution < 1.29 is 0 Å². The van der Waals surface area contributed by atoms with Crippen LogP contribution in [0.5, 0.6) is 0 Å². The molecule has 0 saturated heterocycles.